The second kappa shape index (κ2) is 6.90. The zero-order valence-corrected chi connectivity index (χ0v) is 9.91. The van der Waals surface area contributed by atoms with E-state index in [2.05, 4.69) is 12.8 Å². The van der Waals surface area contributed by atoms with Gasteiger partial charge in [0.2, 0.25) is 0 Å². The molecule has 1 aliphatic rings. The molecule has 1 heteroatoms. The number of terminal acetylenes is 1. The number of aliphatic hydroxyl groups excluding tert-OH is 1. The molecule has 1 unspecified atom stereocenters. The summed E-state index contributed by atoms with van der Waals surface area (Å²) in [6, 6.07) is 0. The second-order valence-electron chi connectivity index (χ2n) is 4.88. The van der Waals surface area contributed by atoms with Crippen molar-refractivity contribution in [3.8, 4) is 12.3 Å². The summed E-state index contributed by atoms with van der Waals surface area (Å²) in [6.07, 6.45) is 14.3. The Kier molecular flexibility index (Phi) is 5.79. The molecule has 0 aromatic rings. The Labute approximate surface area is 94.3 Å². The molecule has 0 bridgehead atoms. The fraction of sp³-hybridized carbons (Fsp3) is 0.857. The zero-order chi connectivity index (χ0) is 11.1. The van der Waals surface area contributed by atoms with E-state index in [-0.39, 0.29) is 6.10 Å². The van der Waals surface area contributed by atoms with Gasteiger partial charge in [0.1, 0.15) is 0 Å². The van der Waals surface area contributed by atoms with Gasteiger partial charge in [-0.1, -0.05) is 32.6 Å². The molecule has 0 amide bonds. The Bertz CT molecular complexity index is 196. The number of hydrogen-bond donors (Lipinski definition) is 1. The van der Waals surface area contributed by atoms with Crippen LogP contribution in [0, 0.1) is 24.2 Å². The van der Waals surface area contributed by atoms with Gasteiger partial charge in [-0.3, -0.25) is 0 Å². The summed E-state index contributed by atoms with van der Waals surface area (Å²) in [5.41, 5.74) is 0. The average molecular weight is 208 g/mol. The molecule has 1 saturated carbocycles. The third-order valence-electron chi connectivity index (χ3n) is 3.72. The lowest BCUT2D eigenvalue weighted by Crippen LogP contribution is -2.25. The molecule has 86 valence electrons. The van der Waals surface area contributed by atoms with Gasteiger partial charge in [0, 0.05) is 6.42 Å². The van der Waals surface area contributed by atoms with Crippen LogP contribution in [0.5, 0.6) is 0 Å². The lowest BCUT2D eigenvalue weighted by molar-refractivity contribution is 0.0669. The van der Waals surface area contributed by atoms with Gasteiger partial charge < -0.3 is 5.11 Å². The van der Waals surface area contributed by atoms with E-state index in [9.17, 15) is 5.11 Å². The molecule has 0 saturated heterocycles. The summed E-state index contributed by atoms with van der Waals surface area (Å²) < 4.78 is 0. The van der Waals surface area contributed by atoms with Gasteiger partial charge >= 0.3 is 0 Å². The quantitative estimate of drug-likeness (QED) is 0.687. The molecule has 1 aliphatic carbocycles. The average Bonchev–Trinajstić information content (AvgIpc) is 2.27. The molecule has 0 spiro atoms. The number of aliphatic hydroxyl groups is 1. The predicted molar refractivity (Wildman–Crippen MR) is 64.4 cm³/mol. The van der Waals surface area contributed by atoms with Crippen molar-refractivity contribution in [3.63, 3.8) is 0 Å². The summed E-state index contributed by atoms with van der Waals surface area (Å²) in [6.45, 7) is 2.26. The highest BCUT2D eigenvalue weighted by atomic mass is 16.3. The maximum atomic E-state index is 9.93. The highest BCUT2D eigenvalue weighted by Crippen LogP contribution is 2.34. The van der Waals surface area contributed by atoms with E-state index in [0.29, 0.717) is 5.92 Å². The van der Waals surface area contributed by atoms with E-state index in [1.807, 2.05) is 0 Å². The molecule has 0 heterocycles. The molecule has 1 fully saturated rings. The summed E-state index contributed by atoms with van der Waals surface area (Å²) in [7, 11) is 0. The topological polar surface area (TPSA) is 20.2 Å². The van der Waals surface area contributed by atoms with Gasteiger partial charge in [-0.05, 0) is 31.1 Å². The van der Waals surface area contributed by atoms with Crippen LogP contribution >= 0.6 is 0 Å². The van der Waals surface area contributed by atoms with Crippen molar-refractivity contribution in [1.82, 2.24) is 0 Å². The standard InChI is InChI=1S/C14H24O/c1-3-5-7-14(15)13-10-8-12(6-4-2)9-11-13/h1,12-15H,4-11H2,2H3. The first kappa shape index (κ1) is 12.6. The van der Waals surface area contributed by atoms with Crippen molar-refractivity contribution in [2.75, 3.05) is 0 Å². The van der Waals surface area contributed by atoms with E-state index in [1.165, 1.54) is 38.5 Å². The predicted octanol–water partition coefficient (Wildman–Crippen LogP) is 3.37. The molecule has 1 rings (SSSR count). The van der Waals surface area contributed by atoms with Crippen molar-refractivity contribution in [1.29, 1.82) is 0 Å². The molecule has 0 aromatic carbocycles. The Morgan fingerprint density at radius 3 is 2.53 bits per heavy atom. The second-order valence-corrected chi connectivity index (χ2v) is 4.88. The highest BCUT2D eigenvalue weighted by molar-refractivity contribution is 4.86. The third kappa shape index (κ3) is 4.26. The van der Waals surface area contributed by atoms with Crippen LogP contribution in [0.4, 0.5) is 0 Å². The Hall–Kier alpha value is -0.480. The normalized spacial score (nSPS) is 28.3. The van der Waals surface area contributed by atoms with E-state index in [0.717, 1.165) is 18.8 Å². The van der Waals surface area contributed by atoms with Crippen LogP contribution < -0.4 is 0 Å². The first-order chi connectivity index (χ1) is 7.27. The number of rotatable bonds is 5. The van der Waals surface area contributed by atoms with Crippen LogP contribution in [0.15, 0.2) is 0 Å². The van der Waals surface area contributed by atoms with Crippen LogP contribution in [-0.2, 0) is 0 Å². The van der Waals surface area contributed by atoms with Crippen LogP contribution in [0.2, 0.25) is 0 Å². The number of hydrogen-bond acceptors (Lipinski definition) is 1. The molecule has 1 N–H and O–H groups in total. The molecule has 0 aliphatic heterocycles. The Morgan fingerprint density at radius 1 is 1.33 bits per heavy atom. The van der Waals surface area contributed by atoms with E-state index in [1.54, 1.807) is 0 Å². The lowest BCUT2D eigenvalue weighted by atomic mass is 9.77. The Morgan fingerprint density at radius 2 is 2.00 bits per heavy atom. The van der Waals surface area contributed by atoms with E-state index >= 15 is 0 Å². The third-order valence-corrected chi connectivity index (χ3v) is 3.72. The van der Waals surface area contributed by atoms with Crippen LogP contribution in [0.3, 0.4) is 0 Å². The van der Waals surface area contributed by atoms with Crippen molar-refractivity contribution in [2.24, 2.45) is 11.8 Å². The summed E-state index contributed by atoms with van der Waals surface area (Å²) >= 11 is 0. The van der Waals surface area contributed by atoms with Crippen LogP contribution in [-0.4, -0.2) is 11.2 Å². The summed E-state index contributed by atoms with van der Waals surface area (Å²) in [5, 5.41) is 9.93. The first-order valence-corrected chi connectivity index (χ1v) is 6.39. The van der Waals surface area contributed by atoms with Gasteiger partial charge in [0.05, 0.1) is 6.10 Å². The fourth-order valence-corrected chi connectivity index (χ4v) is 2.74. The van der Waals surface area contributed by atoms with Crippen molar-refractivity contribution < 1.29 is 5.11 Å². The van der Waals surface area contributed by atoms with Crippen molar-refractivity contribution >= 4 is 0 Å². The lowest BCUT2D eigenvalue weighted by Gasteiger charge is -2.31. The minimum absolute atomic E-state index is 0.149. The molecule has 15 heavy (non-hydrogen) atoms. The van der Waals surface area contributed by atoms with Crippen LogP contribution in [0.25, 0.3) is 0 Å². The highest BCUT2D eigenvalue weighted by Gasteiger charge is 2.25. The van der Waals surface area contributed by atoms with E-state index < -0.39 is 0 Å². The molecule has 0 aromatic heterocycles. The minimum Gasteiger partial charge on any atom is -0.393 e. The van der Waals surface area contributed by atoms with Gasteiger partial charge in [-0.15, -0.1) is 12.3 Å². The molecule has 1 nitrogen and oxygen atoms in total. The van der Waals surface area contributed by atoms with Crippen molar-refractivity contribution in [3.05, 3.63) is 0 Å². The molecular formula is C14H24O. The molecular weight excluding hydrogens is 184 g/mol. The van der Waals surface area contributed by atoms with Crippen LogP contribution in [0.1, 0.15) is 58.3 Å². The SMILES string of the molecule is C#CCCC(O)C1CCC(CCC)CC1. The summed E-state index contributed by atoms with van der Waals surface area (Å²) in [4.78, 5) is 0. The Balaban J connectivity index is 2.21. The van der Waals surface area contributed by atoms with Gasteiger partial charge in [-0.25, -0.2) is 0 Å². The largest absolute Gasteiger partial charge is 0.393 e. The molecule has 0 radical (unpaired) electrons. The smallest absolute Gasteiger partial charge is 0.0577 e. The zero-order valence-electron chi connectivity index (χ0n) is 9.91. The monoisotopic (exact) mass is 208 g/mol. The van der Waals surface area contributed by atoms with Gasteiger partial charge in [0.25, 0.3) is 0 Å². The fourth-order valence-electron chi connectivity index (χ4n) is 2.74. The van der Waals surface area contributed by atoms with Crippen molar-refractivity contribution in [2.45, 2.75) is 64.4 Å². The minimum atomic E-state index is -0.149. The first-order valence-electron chi connectivity index (χ1n) is 6.39. The molecule has 1 atom stereocenters. The maximum absolute atomic E-state index is 9.93. The van der Waals surface area contributed by atoms with E-state index in [4.69, 9.17) is 6.42 Å². The summed E-state index contributed by atoms with van der Waals surface area (Å²) in [5.74, 6) is 4.05. The van der Waals surface area contributed by atoms with Gasteiger partial charge in [0.15, 0.2) is 0 Å². The maximum Gasteiger partial charge on any atom is 0.0577 e. The van der Waals surface area contributed by atoms with Gasteiger partial charge in [-0.2, -0.15) is 0 Å².